The second-order valence-electron chi connectivity index (χ2n) is 9.06. The molecule has 0 amide bonds. The van der Waals surface area contributed by atoms with Crippen molar-refractivity contribution in [3.05, 3.63) is 30.7 Å². The summed E-state index contributed by atoms with van der Waals surface area (Å²) >= 11 is 0. The van der Waals surface area contributed by atoms with Crippen molar-refractivity contribution in [2.75, 3.05) is 31.6 Å². The fourth-order valence-electron chi connectivity index (χ4n) is 5.39. The first-order chi connectivity index (χ1) is 16.3. The van der Waals surface area contributed by atoms with E-state index in [2.05, 4.69) is 54.5 Å². The summed E-state index contributed by atoms with van der Waals surface area (Å²) in [6.07, 6.45) is 8.42. The molecule has 4 heterocycles. The number of aromatic nitrogens is 6. The highest BCUT2D eigenvalue weighted by Gasteiger charge is 2.27. The van der Waals surface area contributed by atoms with Crippen LogP contribution in [0.3, 0.4) is 0 Å². The molecule has 1 saturated carbocycles. The molecule has 0 bridgehead atoms. The van der Waals surface area contributed by atoms with Crippen LogP contribution in [0, 0.1) is 0 Å². The predicted molar refractivity (Wildman–Crippen MR) is 128 cm³/mol. The number of anilines is 1. The third kappa shape index (κ3) is 3.85. The van der Waals surface area contributed by atoms with Gasteiger partial charge in [0.1, 0.15) is 23.3 Å². The Morgan fingerprint density at radius 1 is 1.12 bits per heavy atom. The van der Waals surface area contributed by atoms with Crippen LogP contribution in [0.4, 0.5) is 5.82 Å². The molecule has 6 rings (SSSR count). The molecular formula is C24H30N8O. The molecule has 2 aliphatic rings. The van der Waals surface area contributed by atoms with Gasteiger partial charge in [0.25, 0.3) is 0 Å². The smallest absolute Gasteiger partial charge is 0.143 e. The zero-order chi connectivity index (χ0) is 22.2. The Bertz CT molecular complexity index is 1250. The molecule has 0 atom stereocenters. The van der Waals surface area contributed by atoms with Gasteiger partial charge in [-0.05, 0) is 50.3 Å². The molecular weight excluding hydrogens is 416 g/mol. The largest absolute Gasteiger partial charge is 0.379 e. The van der Waals surface area contributed by atoms with Crippen LogP contribution in [0.2, 0.25) is 0 Å². The topological polar surface area (TPSA) is 96.8 Å². The lowest BCUT2D eigenvalue weighted by molar-refractivity contribution is 0.00791. The van der Waals surface area contributed by atoms with Crippen molar-refractivity contribution in [2.24, 2.45) is 0 Å². The van der Waals surface area contributed by atoms with Crippen LogP contribution in [0.25, 0.3) is 33.2 Å². The third-order valence-corrected chi connectivity index (χ3v) is 7.19. The average molecular weight is 447 g/mol. The van der Waals surface area contributed by atoms with Gasteiger partial charge < -0.3 is 15.0 Å². The minimum absolute atomic E-state index is 0.427. The van der Waals surface area contributed by atoms with E-state index in [1.165, 1.54) is 12.8 Å². The van der Waals surface area contributed by atoms with Crippen LogP contribution >= 0.6 is 0 Å². The van der Waals surface area contributed by atoms with Crippen molar-refractivity contribution in [3.63, 3.8) is 0 Å². The Morgan fingerprint density at radius 3 is 2.79 bits per heavy atom. The van der Waals surface area contributed by atoms with E-state index in [1.54, 1.807) is 6.33 Å². The molecule has 1 aliphatic heterocycles. The van der Waals surface area contributed by atoms with Gasteiger partial charge in [-0.2, -0.15) is 0 Å². The summed E-state index contributed by atoms with van der Waals surface area (Å²) in [5.41, 5.74) is 5.01. The van der Waals surface area contributed by atoms with Crippen LogP contribution in [-0.4, -0.2) is 73.2 Å². The van der Waals surface area contributed by atoms with Gasteiger partial charge in [-0.3, -0.25) is 4.90 Å². The monoisotopic (exact) mass is 446 g/mol. The van der Waals surface area contributed by atoms with E-state index in [-0.39, 0.29) is 0 Å². The zero-order valence-corrected chi connectivity index (χ0v) is 19.0. The Hall–Kier alpha value is -3.04. The number of benzene rings is 1. The number of ether oxygens (including phenoxy) is 1. The summed E-state index contributed by atoms with van der Waals surface area (Å²) in [6, 6.07) is 7.41. The van der Waals surface area contributed by atoms with E-state index in [9.17, 15) is 0 Å². The van der Waals surface area contributed by atoms with Gasteiger partial charge in [0.2, 0.25) is 0 Å². The Balaban J connectivity index is 1.25. The Kier molecular flexibility index (Phi) is 5.43. The van der Waals surface area contributed by atoms with E-state index >= 15 is 0 Å². The Labute approximate surface area is 192 Å². The molecule has 33 heavy (non-hydrogen) atoms. The molecule has 1 saturated heterocycles. The molecule has 9 heteroatoms. The average Bonchev–Trinajstić information content (AvgIpc) is 3.49. The summed E-state index contributed by atoms with van der Waals surface area (Å²) in [5, 5.41) is 13.3. The van der Waals surface area contributed by atoms with Crippen molar-refractivity contribution < 1.29 is 4.74 Å². The second-order valence-corrected chi connectivity index (χ2v) is 9.06. The number of hydrogen-bond donors (Lipinski definition) is 2. The maximum Gasteiger partial charge on any atom is 0.143 e. The third-order valence-electron chi connectivity index (χ3n) is 7.19. The molecule has 4 aromatic rings. The number of fused-ring (bicyclic) bond motifs is 2. The number of aromatic amines is 1. The fourth-order valence-corrected chi connectivity index (χ4v) is 5.39. The van der Waals surface area contributed by atoms with Gasteiger partial charge in [0.15, 0.2) is 0 Å². The maximum absolute atomic E-state index is 5.52. The fraction of sp³-hybridized carbons (Fsp3) is 0.500. The summed E-state index contributed by atoms with van der Waals surface area (Å²) in [6.45, 7) is 6.74. The van der Waals surface area contributed by atoms with Gasteiger partial charge in [-0.25, -0.2) is 14.6 Å². The lowest BCUT2D eigenvalue weighted by Crippen LogP contribution is -2.46. The molecule has 3 aromatic heterocycles. The second kappa shape index (κ2) is 8.72. The molecule has 1 aliphatic carbocycles. The van der Waals surface area contributed by atoms with Crippen molar-refractivity contribution >= 4 is 27.9 Å². The molecule has 1 aromatic carbocycles. The van der Waals surface area contributed by atoms with E-state index in [4.69, 9.17) is 4.74 Å². The summed E-state index contributed by atoms with van der Waals surface area (Å²) in [7, 11) is 0. The van der Waals surface area contributed by atoms with Crippen LogP contribution in [0.15, 0.2) is 30.7 Å². The first-order valence-electron chi connectivity index (χ1n) is 12.0. The van der Waals surface area contributed by atoms with E-state index in [1.807, 2.05) is 16.9 Å². The number of nitrogens with one attached hydrogen (secondary N) is 2. The highest BCUT2D eigenvalue weighted by molar-refractivity contribution is 6.02. The van der Waals surface area contributed by atoms with Gasteiger partial charge in [-0.1, -0.05) is 11.3 Å². The number of H-pyrrole nitrogens is 1. The number of aryl methyl sites for hydroxylation is 1. The molecule has 9 nitrogen and oxygen atoms in total. The lowest BCUT2D eigenvalue weighted by Gasteiger charge is -2.39. The van der Waals surface area contributed by atoms with Gasteiger partial charge >= 0.3 is 0 Å². The molecule has 0 spiro atoms. The predicted octanol–water partition coefficient (Wildman–Crippen LogP) is 3.44. The van der Waals surface area contributed by atoms with Crippen molar-refractivity contribution in [3.8, 4) is 11.1 Å². The van der Waals surface area contributed by atoms with Crippen molar-refractivity contribution in [2.45, 2.75) is 51.2 Å². The number of morpholine rings is 1. The summed E-state index contributed by atoms with van der Waals surface area (Å²) in [5.74, 6) is 0.910. The van der Waals surface area contributed by atoms with Gasteiger partial charge in [-0.15, -0.1) is 5.10 Å². The number of rotatable bonds is 5. The van der Waals surface area contributed by atoms with E-state index in [0.29, 0.717) is 12.1 Å². The minimum Gasteiger partial charge on any atom is -0.379 e. The van der Waals surface area contributed by atoms with E-state index < -0.39 is 0 Å². The van der Waals surface area contributed by atoms with Crippen LogP contribution in [0.1, 0.15) is 32.6 Å². The minimum atomic E-state index is 0.427. The van der Waals surface area contributed by atoms with E-state index in [0.717, 1.165) is 84.7 Å². The first kappa shape index (κ1) is 20.6. The number of hydrogen-bond acceptors (Lipinski definition) is 7. The first-order valence-corrected chi connectivity index (χ1v) is 12.0. The highest BCUT2D eigenvalue weighted by Crippen LogP contribution is 2.35. The lowest BCUT2D eigenvalue weighted by atomic mass is 9.90. The highest BCUT2D eigenvalue weighted by atomic mass is 16.5. The SMILES string of the molecule is CCn1nnc2ccc(-c3c[nH]c4ncnc(NC5CCC(N6CCOCC6)CC5)c34)cc21. The van der Waals surface area contributed by atoms with Crippen LogP contribution < -0.4 is 5.32 Å². The van der Waals surface area contributed by atoms with Crippen molar-refractivity contribution in [1.82, 2.24) is 34.8 Å². The molecule has 0 radical (unpaired) electrons. The zero-order valence-electron chi connectivity index (χ0n) is 19.0. The van der Waals surface area contributed by atoms with Crippen LogP contribution in [-0.2, 0) is 11.3 Å². The van der Waals surface area contributed by atoms with Crippen molar-refractivity contribution in [1.29, 1.82) is 0 Å². The van der Waals surface area contributed by atoms with Gasteiger partial charge in [0, 0.05) is 43.5 Å². The molecule has 172 valence electrons. The maximum atomic E-state index is 5.52. The van der Waals surface area contributed by atoms with Gasteiger partial charge in [0.05, 0.1) is 24.1 Å². The normalized spacial score (nSPS) is 22.2. The quantitative estimate of drug-likeness (QED) is 0.485. The molecule has 2 N–H and O–H groups in total. The Morgan fingerprint density at radius 2 is 1.97 bits per heavy atom. The summed E-state index contributed by atoms with van der Waals surface area (Å²) in [4.78, 5) is 15.1. The standard InChI is InChI=1S/C24H30N8O/c1-2-32-21-13-16(3-8-20(21)29-30-32)19-14-25-23-22(19)24(27-15-26-23)28-17-4-6-18(7-5-17)31-9-11-33-12-10-31/h3,8,13-15,17-18H,2,4-7,9-12H2,1H3,(H2,25,26,27,28). The van der Waals surface area contributed by atoms with Crippen LogP contribution in [0.5, 0.6) is 0 Å². The molecule has 2 fully saturated rings. The number of nitrogens with zero attached hydrogens (tertiary/aromatic N) is 6. The summed E-state index contributed by atoms with van der Waals surface area (Å²) < 4.78 is 7.45. The molecule has 0 unspecified atom stereocenters.